The number of anilines is 1. The van der Waals surface area contributed by atoms with Crippen LogP contribution in [0.15, 0.2) is 53.4 Å². The second-order valence-corrected chi connectivity index (χ2v) is 6.01. The van der Waals surface area contributed by atoms with Crippen LogP contribution in [0.25, 0.3) is 0 Å². The molecule has 0 radical (unpaired) electrons. The Morgan fingerprint density at radius 1 is 1.12 bits per heavy atom. The average Bonchev–Trinajstić information content (AvgIpc) is 2.54. The van der Waals surface area contributed by atoms with Gasteiger partial charge in [0.05, 0.1) is 17.3 Å². The van der Waals surface area contributed by atoms with Crippen LogP contribution in [0.2, 0.25) is 0 Å². The van der Waals surface area contributed by atoms with Crippen molar-refractivity contribution in [1.29, 1.82) is 5.26 Å². The minimum Gasteiger partial charge on any atom is -0.325 e. The molecule has 0 spiro atoms. The number of amides is 1. The lowest BCUT2D eigenvalue weighted by atomic mass is 10.1. The van der Waals surface area contributed by atoms with Crippen molar-refractivity contribution in [3.05, 3.63) is 59.7 Å². The monoisotopic (exact) mass is 350 g/mol. The predicted octanol–water partition coefficient (Wildman–Crippen LogP) is 4.74. The van der Waals surface area contributed by atoms with Gasteiger partial charge < -0.3 is 5.32 Å². The van der Waals surface area contributed by atoms with E-state index in [0.29, 0.717) is 12.0 Å². The van der Waals surface area contributed by atoms with E-state index >= 15 is 0 Å². The molecule has 24 heavy (non-hydrogen) atoms. The SMILES string of the molecule is N#Cc1ccc(CCC(=O)Nc2ccccc2SC(F)(F)F)cc1. The van der Waals surface area contributed by atoms with Crippen molar-refractivity contribution >= 4 is 23.4 Å². The summed E-state index contributed by atoms with van der Waals surface area (Å²) in [6, 6.07) is 14.6. The summed E-state index contributed by atoms with van der Waals surface area (Å²) in [7, 11) is 0. The van der Waals surface area contributed by atoms with E-state index < -0.39 is 5.51 Å². The van der Waals surface area contributed by atoms with Crippen LogP contribution >= 0.6 is 11.8 Å². The largest absolute Gasteiger partial charge is 0.446 e. The molecule has 0 fully saturated rings. The summed E-state index contributed by atoms with van der Waals surface area (Å²) >= 11 is -0.257. The molecule has 0 saturated carbocycles. The molecule has 0 unspecified atom stereocenters. The molecule has 3 nitrogen and oxygen atoms in total. The maximum Gasteiger partial charge on any atom is 0.446 e. The van der Waals surface area contributed by atoms with Crippen LogP contribution in [-0.2, 0) is 11.2 Å². The number of nitrogens with zero attached hydrogens (tertiary/aromatic N) is 1. The highest BCUT2D eigenvalue weighted by molar-refractivity contribution is 8.00. The number of rotatable bonds is 5. The van der Waals surface area contributed by atoms with Crippen LogP contribution < -0.4 is 5.32 Å². The van der Waals surface area contributed by atoms with Crippen LogP contribution in [-0.4, -0.2) is 11.4 Å². The lowest BCUT2D eigenvalue weighted by Gasteiger charge is -2.12. The minimum atomic E-state index is -4.41. The van der Waals surface area contributed by atoms with E-state index in [2.05, 4.69) is 5.32 Å². The molecule has 0 aliphatic heterocycles. The van der Waals surface area contributed by atoms with E-state index in [-0.39, 0.29) is 34.7 Å². The van der Waals surface area contributed by atoms with E-state index in [1.807, 2.05) is 6.07 Å². The minimum absolute atomic E-state index is 0.0447. The average molecular weight is 350 g/mol. The van der Waals surface area contributed by atoms with Gasteiger partial charge in [-0.2, -0.15) is 18.4 Å². The van der Waals surface area contributed by atoms with Crippen molar-refractivity contribution in [2.75, 3.05) is 5.32 Å². The van der Waals surface area contributed by atoms with E-state index in [0.717, 1.165) is 5.56 Å². The molecule has 2 aromatic rings. The molecule has 2 aromatic carbocycles. The lowest BCUT2D eigenvalue weighted by Crippen LogP contribution is -2.13. The van der Waals surface area contributed by atoms with E-state index in [9.17, 15) is 18.0 Å². The molecule has 124 valence electrons. The summed E-state index contributed by atoms with van der Waals surface area (Å²) in [6.45, 7) is 0. The first kappa shape index (κ1) is 17.9. The number of nitrogens with one attached hydrogen (secondary N) is 1. The van der Waals surface area contributed by atoms with Gasteiger partial charge >= 0.3 is 5.51 Å². The van der Waals surface area contributed by atoms with Gasteiger partial charge in [-0.25, -0.2) is 0 Å². The Hall–Kier alpha value is -2.46. The highest BCUT2D eigenvalue weighted by Gasteiger charge is 2.30. The summed E-state index contributed by atoms with van der Waals surface area (Å²) in [4.78, 5) is 11.9. The Balaban J connectivity index is 1.96. The molecular weight excluding hydrogens is 337 g/mol. The number of thioether (sulfide) groups is 1. The van der Waals surface area contributed by atoms with Crippen molar-refractivity contribution < 1.29 is 18.0 Å². The second kappa shape index (κ2) is 7.88. The summed E-state index contributed by atoms with van der Waals surface area (Å²) in [5, 5.41) is 11.2. The zero-order valence-corrected chi connectivity index (χ0v) is 13.2. The first-order chi connectivity index (χ1) is 11.4. The van der Waals surface area contributed by atoms with Gasteiger partial charge in [0.25, 0.3) is 0 Å². The summed E-state index contributed by atoms with van der Waals surface area (Å²) < 4.78 is 37.6. The number of aryl methyl sites for hydroxylation is 1. The molecule has 2 rings (SSSR count). The summed E-state index contributed by atoms with van der Waals surface area (Å²) in [5.41, 5.74) is -2.86. The van der Waals surface area contributed by atoms with Gasteiger partial charge in [-0.1, -0.05) is 24.3 Å². The number of carbonyl (C=O) groups excluding carboxylic acids is 1. The Morgan fingerprint density at radius 3 is 2.42 bits per heavy atom. The smallest absolute Gasteiger partial charge is 0.325 e. The molecular formula is C17H13F3N2OS. The Bertz CT molecular complexity index is 752. The van der Waals surface area contributed by atoms with E-state index in [1.165, 1.54) is 18.2 Å². The first-order valence-electron chi connectivity index (χ1n) is 7.01. The van der Waals surface area contributed by atoms with E-state index in [4.69, 9.17) is 5.26 Å². The molecule has 7 heteroatoms. The Kier molecular flexibility index (Phi) is 5.88. The molecule has 0 aliphatic rings. The summed E-state index contributed by atoms with van der Waals surface area (Å²) in [5.74, 6) is -0.366. The molecule has 1 N–H and O–H groups in total. The van der Waals surface area contributed by atoms with Gasteiger partial charge in [0.2, 0.25) is 5.91 Å². The van der Waals surface area contributed by atoms with Crippen molar-refractivity contribution in [1.82, 2.24) is 0 Å². The third-order valence-corrected chi connectivity index (χ3v) is 3.92. The molecule has 0 atom stereocenters. The number of benzene rings is 2. The highest BCUT2D eigenvalue weighted by atomic mass is 32.2. The molecule has 0 aromatic heterocycles. The second-order valence-electron chi connectivity index (χ2n) is 4.90. The predicted molar refractivity (Wildman–Crippen MR) is 86.5 cm³/mol. The fourth-order valence-corrected chi connectivity index (χ4v) is 2.63. The third kappa shape index (κ3) is 5.63. The molecule has 0 heterocycles. The van der Waals surface area contributed by atoms with Gasteiger partial charge in [-0.05, 0) is 48.0 Å². The normalized spacial score (nSPS) is 10.9. The fraction of sp³-hybridized carbons (Fsp3) is 0.176. The Morgan fingerprint density at radius 2 is 1.79 bits per heavy atom. The van der Waals surface area contributed by atoms with Crippen LogP contribution in [0.4, 0.5) is 18.9 Å². The maximum absolute atomic E-state index is 12.5. The number of carbonyl (C=O) groups is 1. The van der Waals surface area contributed by atoms with Crippen molar-refractivity contribution in [2.45, 2.75) is 23.2 Å². The Labute approximate surface area is 141 Å². The zero-order chi connectivity index (χ0) is 17.6. The van der Waals surface area contributed by atoms with Gasteiger partial charge in [0.15, 0.2) is 0 Å². The lowest BCUT2D eigenvalue weighted by molar-refractivity contribution is -0.116. The quantitative estimate of drug-likeness (QED) is 0.793. The van der Waals surface area contributed by atoms with Gasteiger partial charge in [0.1, 0.15) is 0 Å². The number of alkyl halides is 3. The van der Waals surface area contributed by atoms with E-state index in [1.54, 1.807) is 30.3 Å². The van der Waals surface area contributed by atoms with Gasteiger partial charge in [0, 0.05) is 11.3 Å². The maximum atomic E-state index is 12.5. The molecule has 0 aliphatic carbocycles. The first-order valence-corrected chi connectivity index (χ1v) is 7.83. The highest BCUT2D eigenvalue weighted by Crippen LogP contribution is 2.40. The molecule has 1 amide bonds. The number of halogens is 3. The van der Waals surface area contributed by atoms with Crippen LogP contribution in [0.5, 0.6) is 0 Å². The van der Waals surface area contributed by atoms with Gasteiger partial charge in [-0.3, -0.25) is 4.79 Å². The fourth-order valence-electron chi connectivity index (χ4n) is 2.00. The zero-order valence-electron chi connectivity index (χ0n) is 12.4. The molecule has 0 saturated heterocycles. The van der Waals surface area contributed by atoms with Crippen LogP contribution in [0.3, 0.4) is 0 Å². The van der Waals surface area contributed by atoms with Gasteiger partial charge in [-0.15, -0.1) is 0 Å². The van der Waals surface area contributed by atoms with Crippen LogP contribution in [0, 0.1) is 11.3 Å². The number of nitriles is 1. The van der Waals surface area contributed by atoms with Crippen LogP contribution in [0.1, 0.15) is 17.5 Å². The third-order valence-electron chi connectivity index (χ3n) is 3.11. The van der Waals surface area contributed by atoms with Crippen molar-refractivity contribution in [3.63, 3.8) is 0 Å². The summed E-state index contributed by atoms with van der Waals surface area (Å²) in [6.07, 6.45) is 0.572. The molecule has 0 bridgehead atoms. The number of para-hydroxylation sites is 1. The number of hydrogen-bond donors (Lipinski definition) is 1. The van der Waals surface area contributed by atoms with Crippen molar-refractivity contribution in [3.8, 4) is 6.07 Å². The van der Waals surface area contributed by atoms with Crippen molar-refractivity contribution in [2.24, 2.45) is 0 Å². The topological polar surface area (TPSA) is 52.9 Å². The standard InChI is InChI=1S/C17H13F3N2OS/c18-17(19,20)24-15-4-2-1-3-14(15)22-16(23)10-9-12-5-7-13(11-21)8-6-12/h1-8H,9-10H2,(H,22,23). The number of hydrogen-bond acceptors (Lipinski definition) is 3.